The smallest absolute Gasteiger partial charge is 0.423 e. The number of halogens is 6. The summed E-state index contributed by atoms with van der Waals surface area (Å²) < 4.78 is 93.7. The number of rotatable bonds is 7. The zero-order chi connectivity index (χ0) is 22.1. The quantitative estimate of drug-likeness (QED) is 0.537. The van der Waals surface area contributed by atoms with Gasteiger partial charge in [0.05, 0.1) is 16.8 Å². The summed E-state index contributed by atoms with van der Waals surface area (Å²) in [6, 6.07) is 1.22. The van der Waals surface area contributed by atoms with Crippen LogP contribution in [0, 0.1) is 0 Å². The minimum Gasteiger partial charge on any atom is -0.423 e. The van der Waals surface area contributed by atoms with Crippen LogP contribution in [0.4, 0.5) is 22.0 Å². The molecule has 0 fully saturated rings. The van der Waals surface area contributed by atoms with E-state index in [-0.39, 0.29) is 22.2 Å². The molecule has 2 aromatic heterocycles. The van der Waals surface area contributed by atoms with E-state index in [0.29, 0.717) is 15.2 Å². The Morgan fingerprint density at radius 1 is 1.24 bits per heavy atom. The molecule has 2 rings (SSSR count). The van der Waals surface area contributed by atoms with Gasteiger partial charge in [0.15, 0.2) is 15.7 Å². The molecule has 0 bridgehead atoms. The largest absolute Gasteiger partial charge is 0.436 e. The Labute approximate surface area is 169 Å². The van der Waals surface area contributed by atoms with E-state index in [9.17, 15) is 35.2 Å². The molecule has 0 aliphatic heterocycles. The normalized spacial score (nSPS) is 13.6. The number of pyridine rings is 1. The molecule has 0 aliphatic carbocycles. The molecule has 2 aromatic rings. The number of hydrogen-bond donors (Lipinski definition) is 0. The van der Waals surface area contributed by atoms with Crippen LogP contribution >= 0.6 is 15.9 Å². The lowest BCUT2D eigenvalue weighted by molar-refractivity contribution is -0.245. The van der Waals surface area contributed by atoms with Gasteiger partial charge in [-0.1, -0.05) is 6.92 Å². The van der Waals surface area contributed by atoms with Crippen molar-refractivity contribution in [3.8, 4) is 17.3 Å². The molecule has 0 spiro atoms. The summed E-state index contributed by atoms with van der Waals surface area (Å²) in [7, 11) is -2.78. The molecular weight excluding hydrogens is 493 g/mol. The lowest BCUT2D eigenvalue weighted by atomic mass is 10.3. The summed E-state index contributed by atoms with van der Waals surface area (Å²) in [5.41, 5.74) is -1.54. The fourth-order valence-electron chi connectivity index (χ4n) is 2.14. The second-order valence-electron chi connectivity index (χ2n) is 5.61. The van der Waals surface area contributed by atoms with Gasteiger partial charge in [-0.2, -0.15) is 8.78 Å². The fourth-order valence-corrected chi connectivity index (χ4v) is 3.68. The predicted octanol–water partition coefficient (Wildman–Crippen LogP) is 2.97. The van der Waals surface area contributed by atoms with E-state index in [4.69, 9.17) is 0 Å². The first-order valence-electron chi connectivity index (χ1n) is 7.75. The van der Waals surface area contributed by atoms with Crippen molar-refractivity contribution in [3.05, 3.63) is 33.3 Å². The molecule has 0 aromatic carbocycles. The standard InChI is InChI=1S/C15H13BrF5N3O4S/c1-3-29(26,27)9-4-7(16)5-22-10(9)13-23-6-8(14(25)24(13)2)28-15(20,21)11(17)12(18)19/h4-6,11-12H,3H2,1-2H3. The maximum absolute atomic E-state index is 13.4. The Balaban J connectivity index is 2.59. The zero-order valence-electron chi connectivity index (χ0n) is 14.7. The Kier molecular flexibility index (Phi) is 6.67. The van der Waals surface area contributed by atoms with Crippen LogP contribution in [-0.4, -0.2) is 47.4 Å². The summed E-state index contributed by atoms with van der Waals surface area (Å²) in [6.07, 6.45) is -11.3. The highest BCUT2D eigenvalue weighted by molar-refractivity contribution is 9.10. The summed E-state index contributed by atoms with van der Waals surface area (Å²) in [6.45, 7) is 1.38. The van der Waals surface area contributed by atoms with Crippen LogP contribution in [0.1, 0.15) is 6.92 Å². The van der Waals surface area contributed by atoms with E-state index >= 15 is 0 Å². The first-order chi connectivity index (χ1) is 13.3. The average molecular weight is 506 g/mol. The van der Waals surface area contributed by atoms with Crippen molar-refractivity contribution >= 4 is 25.8 Å². The van der Waals surface area contributed by atoms with Gasteiger partial charge in [0.2, 0.25) is 5.75 Å². The van der Waals surface area contributed by atoms with Crippen molar-refractivity contribution in [1.29, 1.82) is 0 Å². The molecule has 160 valence electrons. The van der Waals surface area contributed by atoms with Crippen LogP contribution in [0.15, 0.2) is 32.6 Å². The van der Waals surface area contributed by atoms with E-state index in [1.807, 2.05) is 0 Å². The molecule has 29 heavy (non-hydrogen) atoms. The minimum atomic E-state index is -4.99. The Hall–Kier alpha value is -2.09. The predicted molar refractivity (Wildman–Crippen MR) is 94.6 cm³/mol. The minimum absolute atomic E-state index is 0.246. The molecule has 2 heterocycles. The summed E-state index contributed by atoms with van der Waals surface area (Å²) in [5, 5.41) is 0. The molecule has 0 N–H and O–H groups in total. The van der Waals surface area contributed by atoms with E-state index in [2.05, 4.69) is 30.6 Å². The molecule has 0 saturated heterocycles. The van der Waals surface area contributed by atoms with E-state index < -0.39 is 39.9 Å². The third-order valence-electron chi connectivity index (χ3n) is 3.67. The van der Waals surface area contributed by atoms with Crippen molar-refractivity contribution in [2.24, 2.45) is 7.05 Å². The maximum atomic E-state index is 13.4. The highest BCUT2D eigenvalue weighted by atomic mass is 79.9. The van der Waals surface area contributed by atoms with E-state index in [1.165, 1.54) is 19.2 Å². The molecule has 0 aliphatic rings. The van der Waals surface area contributed by atoms with Crippen molar-refractivity contribution in [1.82, 2.24) is 14.5 Å². The number of hydrogen-bond acceptors (Lipinski definition) is 6. The second-order valence-corrected chi connectivity index (χ2v) is 8.78. The molecule has 0 saturated carbocycles. The molecule has 7 nitrogen and oxygen atoms in total. The lowest BCUT2D eigenvalue weighted by Crippen LogP contribution is -2.42. The van der Waals surface area contributed by atoms with Gasteiger partial charge in [0.1, 0.15) is 5.69 Å². The van der Waals surface area contributed by atoms with Gasteiger partial charge in [-0.05, 0) is 22.0 Å². The average Bonchev–Trinajstić information content (AvgIpc) is 2.65. The van der Waals surface area contributed by atoms with Crippen molar-refractivity contribution in [2.75, 3.05) is 5.75 Å². The third-order valence-corrected chi connectivity index (χ3v) is 5.85. The highest BCUT2D eigenvalue weighted by Gasteiger charge is 2.49. The molecule has 0 radical (unpaired) electrons. The topological polar surface area (TPSA) is 91.2 Å². The van der Waals surface area contributed by atoms with E-state index in [1.54, 1.807) is 0 Å². The molecule has 14 heteroatoms. The van der Waals surface area contributed by atoms with Gasteiger partial charge in [-0.25, -0.2) is 26.6 Å². The number of sulfone groups is 1. The molecule has 0 amide bonds. The first-order valence-corrected chi connectivity index (χ1v) is 10.2. The van der Waals surface area contributed by atoms with Crippen LogP contribution in [-0.2, 0) is 16.9 Å². The Morgan fingerprint density at radius 2 is 1.86 bits per heavy atom. The zero-order valence-corrected chi connectivity index (χ0v) is 17.1. The van der Waals surface area contributed by atoms with Crippen molar-refractivity contribution in [3.63, 3.8) is 0 Å². The summed E-state index contributed by atoms with van der Waals surface area (Å²) in [4.78, 5) is 19.6. The monoisotopic (exact) mass is 505 g/mol. The summed E-state index contributed by atoms with van der Waals surface area (Å²) >= 11 is 3.08. The molecule has 1 atom stereocenters. The van der Waals surface area contributed by atoms with Crippen LogP contribution < -0.4 is 10.3 Å². The van der Waals surface area contributed by atoms with Crippen LogP contribution in [0.2, 0.25) is 0 Å². The van der Waals surface area contributed by atoms with Gasteiger partial charge in [0.25, 0.3) is 18.2 Å². The lowest BCUT2D eigenvalue weighted by Gasteiger charge is -2.21. The van der Waals surface area contributed by atoms with Crippen LogP contribution in [0.25, 0.3) is 11.5 Å². The SMILES string of the molecule is CCS(=O)(=O)c1cc(Br)cnc1-c1ncc(OC(F)(F)C(F)C(F)F)c(=O)n1C. The first kappa shape index (κ1) is 23.2. The summed E-state index contributed by atoms with van der Waals surface area (Å²) in [5.74, 6) is -1.83. The Morgan fingerprint density at radius 3 is 2.41 bits per heavy atom. The van der Waals surface area contributed by atoms with Gasteiger partial charge >= 0.3 is 6.11 Å². The number of ether oxygens (including phenoxy) is 1. The number of aromatic nitrogens is 3. The van der Waals surface area contributed by atoms with E-state index in [0.717, 1.165) is 7.05 Å². The third kappa shape index (κ3) is 4.74. The fraction of sp³-hybridized carbons (Fsp3) is 0.400. The van der Waals surface area contributed by atoms with Gasteiger partial charge in [-0.3, -0.25) is 14.3 Å². The Bertz CT molecular complexity index is 1080. The van der Waals surface area contributed by atoms with Crippen molar-refractivity contribution < 1.29 is 35.1 Å². The molecule has 1 unspecified atom stereocenters. The number of nitrogens with zero attached hydrogens (tertiary/aromatic N) is 3. The van der Waals surface area contributed by atoms with Gasteiger partial charge in [-0.15, -0.1) is 0 Å². The van der Waals surface area contributed by atoms with Gasteiger partial charge in [0, 0.05) is 17.7 Å². The van der Waals surface area contributed by atoms with Crippen LogP contribution in [0.3, 0.4) is 0 Å². The highest BCUT2D eigenvalue weighted by Crippen LogP contribution is 2.30. The number of alkyl halides is 5. The maximum Gasteiger partial charge on any atom is 0.436 e. The molecular formula is C15H13BrF5N3O4S. The van der Waals surface area contributed by atoms with Gasteiger partial charge < -0.3 is 4.74 Å². The van der Waals surface area contributed by atoms with Crippen molar-refractivity contribution in [2.45, 2.75) is 30.5 Å². The second kappa shape index (κ2) is 8.34. The van der Waals surface area contributed by atoms with Crippen LogP contribution in [0.5, 0.6) is 5.75 Å².